The van der Waals surface area contributed by atoms with E-state index in [-0.39, 0.29) is 0 Å². The smallest absolute Gasteiger partial charge is 0.0503 e. The van der Waals surface area contributed by atoms with Crippen molar-refractivity contribution in [1.29, 1.82) is 0 Å². The van der Waals surface area contributed by atoms with Crippen LogP contribution >= 0.6 is 0 Å². The fourth-order valence-corrected chi connectivity index (χ4v) is 4.84. The second-order valence-corrected chi connectivity index (χ2v) is 6.43. The van der Waals surface area contributed by atoms with Crippen LogP contribution in [0.4, 0.5) is 0 Å². The van der Waals surface area contributed by atoms with Crippen LogP contribution in [0.5, 0.6) is 0 Å². The molecule has 3 nitrogen and oxygen atoms in total. The second-order valence-electron chi connectivity index (χ2n) is 4.50. The van der Waals surface area contributed by atoms with Crippen LogP contribution in [0.2, 0.25) is 0 Å². The van der Waals surface area contributed by atoms with Crippen molar-refractivity contribution in [2.75, 3.05) is 20.3 Å². The maximum absolute atomic E-state index is 12.4. The van der Waals surface area contributed by atoms with Gasteiger partial charge in [0.05, 0.1) is 5.25 Å². The Morgan fingerprint density at radius 3 is 2.60 bits per heavy atom. The highest BCUT2D eigenvalue weighted by molar-refractivity contribution is 7.86. The topological polar surface area (TPSA) is 38.3 Å². The van der Waals surface area contributed by atoms with Gasteiger partial charge in [-0.1, -0.05) is 6.42 Å². The summed E-state index contributed by atoms with van der Waals surface area (Å²) < 4.78 is 17.7. The van der Waals surface area contributed by atoms with Crippen LogP contribution in [-0.4, -0.2) is 41.0 Å². The molecule has 0 spiro atoms. The quantitative estimate of drug-likeness (QED) is 0.789. The first-order chi connectivity index (χ1) is 7.33. The van der Waals surface area contributed by atoms with Gasteiger partial charge in [0.1, 0.15) is 0 Å². The lowest BCUT2D eigenvalue weighted by atomic mass is 10.2. The van der Waals surface area contributed by atoms with Crippen molar-refractivity contribution in [3.05, 3.63) is 0 Å². The van der Waals surface area contributed by atoms with E-state index in [9.17, 15) is 4.21 Å². The van der Waals surface area contributed by atoms with E-state index in [0.717, 1.165) is 32.5 Å². The zero-order valence-electron chi connectivity index (χ0n) is 9.41. The van der Waals surface area contributed by atoms with Crippen molar-refractivity contribution in [2.45, 2.75) is 48.6 Å². The Bertz CT molecular complexity index is 229. The van der Waals surface area contributed by atoms with Crippen LogP contribution in [0.15, 0.2) is 0 Å². The van der Waals surface area contributed by atoms with Gasteiger partial charge in [0, 0.05) is 35.3 Å². The van der Waals surface area contributed by atoms with Crippen molar-refractivity contribution in [2.24, 2.45) is 0 Å². The highest BCUT2D eigenvalue weighted by Gasteiger charge is 2.35. The van der Waals surface area contributed by atoms with Crippen LogP contribution in [-0.2, 0) is 15.5 Å². The molecule has 3 atom stereocenters. The van der Waals surface area contributed by atoms with Crippen LogP contribution in [0, 0.1) is 0 Å². The average Bonchev–Trinajstić information content (AvgIpc) is 2.77. The number of ether oxygens (including phenoxy) is 1. The molecule has 0 bridgehead atoms. The molecule has 0 amide bonds. The molecule has 15 heavy (non-hydrogen) atoms. The van der Waals surface area contributed by atoms with E-state index in [1.807, 2.05) is 7.05 Å². The molecular weight excluding hydrogens is 210 g/mol. The number of hydrogen-bond acceptors (Lipinski definition) is 3. The molecule has 1 aliphatic heterocycles. The van der Waals surface area contributed by atoms with Crippen molar-refractivity contribution in [3.8, 4) is 0 Å². The molecule has 2 aliphatic rings. The summed E-state index contributed by atoms with van der Waals surface area (Å²) in [5.41, 5.74) is 0. The second kappa shape index (κ2) is 5.41. The lowest BCUT2D eigenvalue weighted by molar-refractivity contribution is 0.0990. The minimum atomic E-state index is -0.654. The number of hydrogen-bond donors (Lipinski definition) is 1. The van der Waals surface area contributed by atoms with Crippen molar-refractivity contribution < 1.29 is 8.95 Å². The summed E-state index contributed by atoms with van der Waals surface area (Å²) in [5, 5.41) is 4.08. The van der Waals surface area contributed by atoms with Gasteiger partial charge in [0.2, 0.25) is 0 Å². The molecule has 1 aliphatic carbocycles. The Kier molecular flexibility index (Phi) is 4.17. The molecular formula is C11H21NO2S. The summed E-state index contributed by atoms with van der Waals surface area (Å²) in [4.78, 5) is 0. The molecule has 0 radical (unpaired) electrons. The van der Waals surface area contributed by atoms with E-state index in [2.05, 4.69) is 5.32 Å². The molecule has 88 valence electrons. The van der Waals surface area contributed by atoms with Gasteiger partial charge in [-0.15, -0.1) is 0 Å². The lowest BCUT2D eigenvalue weighted by Gasteiger charge is -2.27. The van der Waals surface area contributed by atoms with Crippen molar-refractivity contribution in [1.82, 2.24) is 5.32 Å². The zero-order valence-corrected chi connectivity index (χ0v) is 10.2. The van der Waals surface area contributed by atoms with Crippen LogP contribution in [0.25, 0.3) is 0 Å². The van der Waals surface area contributed by atoms with E-state index in [0.29, 0.717) is 16.5 Å². The molecule has 0 aromatic heterocycles. The van der Waals surface area contributed by atoms with E-state index < -0.39 is 10.8 Å². The van der Waals surface area contributed by atoms with E-state index >= 15 is 0 Å². The van der Waals surface area contributed by atoms with Crippen molar-refractivity contribution in [3.63, 3.8) is 0 Å². The van der Waals surface area contributed by atoms with Gasteiger partial charge in [-0.25, -0.2) is 0 Å². The van der Waals surface area contributed by atoms with Gasteiger partial charge >= 0.3 is 0 Å². The molecule has 1 heterocycles. The third-order valence-corrected chi connectivity index (χ3v) is 5.91. The van der Waals surface area contributed by atoms with E-state index in [1.54, 1.807) is 0 Å². The number of nitrogens with one attached hydrogen (secondary N) is 1. The predicted molar refractivity (Wildman–Crippen MR) is 62.5 cm³/mol. The molecule has 1 N–H and O–H groups in total. The molecule has 1 saturated carbocycles. The van der Waals surface area contributed by atoms with Gasteiger partial charge in [-0.3, -0.25) is 4.21 Å². The first-order valence-electron chi connectivity index (χ1n) is 5.97. The third kappa shape index (κ3) is 2.60. The number of rotatable bonds is 3. The van der Waals surface area contributed by atoms with Gasteiger partial charge in [-0.05, 0) is 32.7 Å². The third-order valence-electron chi connectivity index (χ3n) is 3.62. The zero-order chi connectivity index (χ0) is 10.7. The molecule has 0 aromatic carbocycles. The van der Waals surface area contributed by atoms with Crippen LogP contribution in [0.3, 0.4) is 0 Å². The van der Waals surface area contributed by atoms with Gasteiger partial charge in [-0.2, -0.15) is 0 Å². The van der Waals surface area contributed by atoms with Crippen molar-refractivity contribution >= 4 is 10.8 Å². The maximum atomic E-state index is 12.4. The Balaban J connectivity index is 1.93. The summed E-state index contributed by atoms with van der Waals surface area (Å²) in [5.74, 6) is 0. The molecule has 4 heteroatoms. The molecule has 2 fully saturated rings. The highest BCUT2D eigenvalue weighted by Crippen LogP contribution is 2.28. The summed E-state index contributed by atoms with van der Waals surface area (Å²) in [6.07, 6.45) is 5.52. The van der Waals surface area contributed by atoms with Crippen LogP contribution in [0.1, 0.15) is 32.1 Å². The Morgan fingerprint density at radius 1 is 1.20 bits per heavy atom. The van der Waals surface area contributed by atoms with Gasteiger partial charge in [0.25, 0.3) is 0 Å². The first kappa shape index (κ1) is 11.6. The summed E-state index contributed by atoms with van der Waals surface area (Å²) >= 11 is 0. The Hall–Kier alpha value is 0.0700. The fourth-order valence-electron chi connectivity index (χ4n) is 2.69. The van der Waals surface area contributed by atoms with Crippen LogP contribution < -0.4 is 5.32 Å². The molecule has 3 unspecified atom stereocenters. The molecule has 0 aromatic rings. The monoisotopic (exact) mass is 231 g/mol. The van der Waals surface area contributed by atoms with E-state index in [1.165, 1.54) is 12.8 Å². The maximum Gasteiger partial charge on any atom is 0.0503 e. The summed E-state index contributed by atoms with van der Waals surface area (Å²) in [7, 11) is 1.34. The van der Waals surface area contributed by atoms with Gasteiger partial charge < -0.3 is 10.1 Å². The minimum Gasteiger partial charge on any atom is -0.381 e. The van der Waals surface area contributed by atoms with E-state index in [4.69, 9.17) is 4.74 Å². The molecule has 1 saturated heterocycles. The summed E-state index contributed by atoms with van der Waals surface area (Å²) in [6, 6.07) is 0.480. The minimum absolute atomic E-state index is 0.387. The SMILES string of the molecule is CNC1CCCC1S(=O)C1CCOCC1. The first-order valence-corrected chi connectivity index (χ1v) is 7.25. The normalized spacial score (nSPS) is 35.5. The highest BCUT2D eigenvalue weighted by atomic mass is 32.2. The summed E-state index contributed by atoms with van der Waals surface area (Å²) in [6.45, 7) is 1.60. The Labute approximate surface area is 94.4 Å². The predicted octanol–water partition coefficient (Wildman–Crippen LogP) is 1.05. The van der Waals surface area contributed by atoms with Gasteiger partial charge in [0.15, 0.2) is 0 Å². The average molecular weight is 231 g/mol. The largest absolute Gasteiger partial charge is 0.381 e. The standard InChI is InChI=1S/C11H21NO2S/c1-12-10-3-2-4-11(10)15(13)9-5-7-14-8-6-9/h9-12H,2-8H2,1H3. The fraction of sp³-hybridized carbons (Fsp3) is 1.00. The Morgan fingerprint density at radius 2 is 1.93 bits per heavy atom. The lowest BCUT2D eigenvalue weighted by Crippen LogP contribution is -2.40. The molecule has 2 rings (SSSR count).